The van der Waals surface area contributed by atoms with E-state index in [0.29, 0.717) is 12.0 Å². The monoisotopic (exact) mass is 287 g/mol. The van der Waals surface area contributed by atoms with Crippen LogP contribution in [0.2, 0.25) is 0 Å². The van der Waals surface area contributed by atoms with Crippen molar-refractivity contribution in [3.05, 3.63) is 35.2 Å². The molecule has 2 heterocycles. The number of imidazole rings is 1. The van der Waals surface area contributed by atoms with Gasteiger partial charge in [0.05, 0.1) is 6.61 Å². The van der Waals surface area contributed by atoms with Gasteiger partial charge in [0.15, 0.2) is 0 Å². The summed E-state index contributed by atoms with van der Waals surface area (Å²) >= 11 is 1.10. The molecule has 0 aliphatic carbocycles. The van der Waals surface area contributed by atoms with Gasteiger partial charge in [-0.1, -0.05) is 0 Å². The van der Waals surface area contributed by atoms with Crippen LogP contribution >= 0.6 is 11.3 Å². The Kier molecular flexibility index (Phi) is 4.12. The molecule has 6 nitrogen and oxygen atoms in total. The van der Waals surface area contributed by atoms with E-state index in [0.717, 1.165) is 17.2 Å². The highest BCUT2D eigenvalue weighted by molar-refractivity contribution is 7.91. The van der Waals surface area contributed by atoms with Crippen LogP contribution in [0.15, 0.2) is 28.0 Å². The van der Waals surface area contributed by atoms with Crippen molar-refractivity contribution in [1.82, 2.24) is 14.7 Å². The molecule has 0 spiro atoms. The summed E-state index contributed by atoms with van der Waals surface area (Å²) in [5.74, 6) is 0.736. The Morgan fingerprint density at radius 1 is 1.50 bits per heavy atom. The van der Waals surface area contributed by atoms with Gasteiger partial charge in [-0.2, -0.15) is 0 Å². The number of hydrogen-bond donors (Lipinski definition) is 3. The van der Waals surface area contributed by atoms with Gasteiger partial charge in [0, 0.05) is 25.4 Å². The SMILES string of the molecule is O=S(=O)(NCCc1ncc[nH]1)c1cc(CO)cs1. The summed E-state index contributed by atoms with van der Waals surface area (Å²) in [5, 5.41) is 10.5. The molecule has 8 heteroatoms. The molecule has 2 aromatic heterocycles. The quantitative estimate of drug-likeness (QED) is 0.720. The molecule has 98 valence electrons. The molecule has 0 saturated carbocycles. The van der Waals surface area contributed by atoms with Crippen molar-refractivity contribution in [3.8, 4) is 0 Å². The molecule has 3 N–H and O–H groups in total. The van der Waals surface area contributed by atoms with Gasteiger partial charge in [0.25, 0.3) is 0 Å². The smallest absolute Gasteiger partial charge is 0.250 e. The number of nitrogens with one attached hydrogen (secondary N) is 2. The first-order valence-electron chi connectivity index (χ1n) is 5.28. The second-order valence-electron chi connectivity index (χ2n) is 3.62. The molecule has 0 fully saturated rings. The lowest BCUT2D eigenvalue weighted by atomic mass is 10.4. The van der Waals surface area contributed by atoms with E-state index in [1.54, 1.807) is 17.8 Å². The van der Waals surface area contributed by atoms with Gasteiger partial charge in [0.1, 0.15) is 10.0 Å². The van der Waals surface area contributed by atoms with E-state index < -0.39 is 10.0 Å². The Labute approximate surface area is 109 Å². The van der Waals surface area contributed by atoms with Crippen LogP contribution in [0.4, 0.5) is 0 Å². The summed E-state index contributed by atoms with van der Waals surface area (Å²) < 4.78 is 26.5. The van der Waals surface area contributed by atoms with E-state index >= 15 is 0 Å². The number of aromatic amines is 1. The molecule has 18 heavy (non-hydrogen) atoms. The van der Waals surface area contributed by atoms with Crippen molar-refractivity contribution >= 4 is 21.4 Å². The average Bonchev–Trinajstić information content (AvgIpc) is 2.99. The Hall–Kier alpha value is -1.22. The minimum atomic E-state index is -3.49. The first kappa shape index (κ1) is 13.2. The fourth-order valence-electron chi connectivity index (χ4n) is 1.39. The van der Waals surface area contributed by atoms with Crippen molar-refractivity contribution in [1.29, 1.82) is 0 Å². The van der Waals surface area contributed by atoms with Gasteiger partial charge in [0.2, 0.25) is 10.0 Å². The van der Waals surface area contributed by atoms with Crippen molar-refractivity contribution < 1.29 is 13.5 Å². The number of aliphatic hydroxyl groups excluding tert-OH is 1. The predicted octanol–water partition coefficient (Wildman–Crippen LogP) is 0.484. The molecule has 0 amide bonds. The molecule has 2 aromatic rings. The Balaban J connectivity index is 1.95. The number of rotatable bonds is 6. The van der Waals surface area contributed by atoms with E-state index in [4.69, 9.17) is 5.11 Å². The summed E-state index contributed by atoms with van der Waals surface area (Å²) in [6, 6.07) is 1.47. The van der Waals surface area contributed by atoms with Crippen LogP contribution in [-0.2, 0) is 23.1 Å². The molecule has 0 bridgehead atoms. The second-order valence-corrected chi connectivity index (χ2v) is 6.52. The zero-order valence-corrected chi connectivity index (χ0v) is 11.1. The molecule has 0 aliphatic rings. The van der Waals surface area contributed by atoms with Crippen LogP contribution in [0.3, 0.4) is 0 Å². The third-order valence-corrected chi connectivity index (χ3v) is 5.24. The zero-order chi connectivity index (χ0) is 13.0. The molecule has 0 atom stereocenters. The van der Waals surface area contributed by atoms with Crippen LogP contribution in [0.1, 0.15) is 11.4 Å². The minimum Gasteiger partial charge on any atom is -0.392 e. The van der Waals surface area contributed by atoms with E-state index in [-0.39, 0.29) is 17.4 Å². The van der Waals surface area contributed by atoms with Gasteiger partial charge >= 0.3 is 0 Å². The van der Waals surface area contributed by atoms with Crippen LogP contribution in [0, 0.1) is 0 Å². The van der Waals surface area contributed by atoms with Crippen molar-refractivity contribution in [2.45, 2.75) is 17.2 Å². The van der Waals surface area contributed by atoms with Gasteiger partial charge in [-0.15, -0.1) is 11.3 Å². The van der Waals surface area contributed by atoms with Crippen LogP contribution in [0.5, 0.6) is 0 Å². The molecule has 0 saturated heterocycles. The zero-order valence-electron chi connectivity index (χ0n) is 9.46. The van der Waals surface area contributed by atoms with Gasteiger partial charge in [-0.05, 0) is 17.0 Å². The van der Waals surface area contributed by atoms with Crippen molar-refractivity contribution in [2.24, 2.45) is 0 Å². The largest absolute Gasteiger partial charge is 0.392 e. The molecule has 0 aliphatic heterocycles. The van der Waals surface area contributed by atoms with Crippen molar-refractivity contribution in [2.75, 3.05) is 6.54 Å². The summed E-state index contributed by atoms with van der Waals surface area (Å²) in [5.41, 5.74) is 0.603. The van der Waals surface area contributed by atoms with Crippen LogP contribution in [-0.4, -0.2) is 30.0 Å². The average molecular weight is 287 g/mol. The number of hydrogen-bond acceptors (Lipinski definition) is 5. The maximum absolute atomic E-state index is 11.9. The number of H-pyrrole nitrogens is 1. The molecule has 0 unspecified atom stereocenters. The lowest BCUT2D eigenvalue weighted by molar-refractivity contribution is 0.282. The van der Waals surface area contributed by atoms with Crippen LogP contribution in [0.25, 0.3) is 0 Å². The standard InChI is InChI=1S/C10H13N3O3S2/c14-6-8-5-10(17-7-8)18(15,16)13-2-1-9-11-3-4-12-9/h3-5,7,13-14H,1-2,6H2,(H,11,12). The topological polar surface area (TPSA) is 95.1 Å². The highest BCUT2D eigenvalue weighted by Gasteiger charge is 2.16. The minimum absolute atomic E-state index is 0.154. The van der Waals surface area contributed by atoms with E-state index in [1.807, 2.05) is 0 Å². The fourth-order valence-corrected chi connectivity index (χ4v) is 3.66. The van der Waals surface area contributed by atoms with Gasteiger partial charge < -0.3 is 10.1 Å². The van der Waals surface area contributed by atoms with E-state index in [9.17, 15) is 8.42 Å². The summed E-state index contributed by atoms with van der Waals surface area (Å²) in [4.78, 5) is 6.91. The number of thiophene rings is 1. The maximum atomic E-state index is 11.9. The lowest BCUT2D eigenvalue weighted by Gasteiger charge is -2.03. The number of nitrogens with zero attached hydrogens (tertiary/aromatic N) is 1. The molecule has 2 rings (SSSR count). The van der Waals surface area contributed by atoms with E-state index in [2.05, 4.69) is 14.7 Å². The third kappa shape index (κ3) is 3.16. The lowest BCUT2D eigenvalue weighted by Crippen LogP contribution is -2.25. The second kappa shape index (κ2) is 5.61. The fraction of sp³-hybridized carbons (Fsp3) is 0.300. The number of aromatic nitrogens is 2. The number of aliphatic hydroxyl groups is 1. The summed E-state index contributed by atoms with van der Waals surface area (Å²) in [6.45, 7) is 0.126. The molecule has 0 radical (unpaired) electrons. The normalized spacial score (nSPS) is 11.8. The van der Waals surface area contributed by atoms with Crippen molar-refractivity contribution in [3.63, 3.8) is 0 Å². The highest BCUT2D eigenvalue weighted by Crippen LogP contribution is 2.19. The Morgan fingerprint density at radius 2 is 2.33 bits per heavy atom. The molecule has 0 aromatic carbocycles. The Morgan fingerprint density at radius 3 is 2.94 bits per heavy atom. The highest BCUT2D eigenvalue weighted by atomic mass is 32.2. The van der Waals surface area contributed by atoms with Crippen LogP contribution < -0.4 is 4.72 Å². The summed E-state index contributed by atoms with van der Waals surface area (Å²) in [7, 11) is -3.49. The maximum Gasteiger partial charge on any atom is 0.250 e. The number of sulfonamides is 1. The Bertz CT molecular complexity index is 590. The summed E-state index contributed by atoms with van der Waals surface area (Å²) in [6.07, 6.45) is 3.82. The first-order valence-corrected chi connectivity index (χ1v) is 7.64. The van der Waals surface area contributed by atoms with Gasteiger partial charge in [-0.3, -0.25) is 0 Å². The molecular weight excluding hydrogens is 274 g/mol. The van der Waals surface area contributed by atoms with Gasteiger partial charge in [-0.25, -0.2) is 18.1 Å². The first-order chi connectivity index (χ1) is 8.62. The molecular formula is C10H13N3O3S2. The van der Waals surface area contributed by atoms with E-state index in [1.165, 1.54) is 6.07 Å². The predicted molar refractivity (Wildman–Crippen MR) is 67.7 cm³/mol. The third-order valence-electron chi connectivity index (χ3n) is 2.29.